The topological polar surface area (TPSA) is 43.8 Å². The summed E-state index contributed by atoms with van der Waals surface area (Å²) in [6.07, 6.45) is 1.77. The summed E-state index contributed by atoms with van der Waals surface area (Å²) in [5.74, 6) is 0.880. The molecule has 0 spiro atoms. The summed E-state index contributed by atoms with van der Waals surface area (Å²) >= 11 is 1.86. The zero-order chi connectivity index (χ0) is 13.9. The molecule has 2 saturated heterocycles. The normalized spacial score (nSPS) is 23.1. The van der Waals surface area contributed by atoms with Crippen LogP contribution in [0.4, 0.5) is 10.5 Å². The highest BCUT2D eigenvalue weighted by molar-refractivity contribution is 7.99. The smallest absolute Gasteiger partial charge is 0.407 e. The molecule has 108 valence electrons. The Balaban J connectivity index is 1.69. The molecular formula is C15H20N2O2S. The Morgan fingerprint density at radius 2 is 1.85 bits per heavy atom. The summed E-state index contributed by atoms with van der Waals surface area (Å²) in [5.41, 5.74) is 2.53. The van der Waals surface area contributed by atoms with E-state index in [1.54, 1.807) is 0 Å². The maximum Gasteiger partial charge on any atom is 0.407 e. The maximum absolute atomic E-state index is 11.1. The van der Waals surface area contributed by atoms with Gasteiger partial charge in [0, 0.05) is 42.9 Å². The van der Waals surface area contributed by atoms with Gasteiger partial charge in [-0.3, -0.25) is 0 Å². The summed E-state index contributed by atoms with van der Waals surface area (Å²) in [6.45, 7) is 3.56. The van der Waals surface area contributed by atoms with Crippen molar-refractivity contribution in [2.24, 2.45) is 0 Å². The van der Waals surface area contributed by atoms with Gasteiger partial charge < -0.3 is 14.9 Å². The van der Waals surface area contributed by atoms with Gasteiger partial charge in [-0.2, -0.15) is 11.8 Å². The van der Waals surface area contributed by atoms with Crippen molar-refractivity contribution in [2.75, 3.05) is 36.8 Å². The van der Waals surface area contributed by atoms with E-state index in [1.165, 1.54) is 29.0 Å². The number of carboxylic acid groups (broad SMARTS) is 1. The zero-order valence-electron chi connectivity index (χ0n) is 11.5. The molecule has 2 aliphatic rings. The molecule has 1 unspecified atom stereocenters. The third kappa shape index (κ3) is 2.87. The minimum absolute atomic E-state index is 0.271. The van der Waals surface area contributed by atoms with Crippen LogP contribution in [-0.4, -0.2) is 48.0 Å². The average molecular weight is 292 g/mol. The molecule has 2 fully saturated rings. The molecule has 1 aromatic carbocycles. The van der Waals surface area contributed by atoms with Crippen molar-refractivity contribution in [1.29, 1.82) is 0 Å². The first-order valence-corrected chi connectivity index (χ1v) is 8.23. The van der Waals surface area contributed by atoms with Gasteiger partial charge in [0.05, 0.1) is 0 Å². The van der Waals surface area contributed by atoms with Gasteiger partial charge in [-0.1, -0.05) is 12.1 Å². The number of amides is 1. The number of hydrogen-bond acceptors (Lipinski definition) is 3. The fraction of sp³-hybridized carbons (Fsp3) is 0.533. The summed E-state index contributed by atoms with van der Waals surface area (Å²) < 4.78 is 0. The van der Waals surface area contributed by atoms with Gasteiger partial charge in [-0.15, -0.1) is 0 Å². The van der Waals surface area contributed by atoms with Gasteiger partial charge in [-0.25, -0.2) is 4.79 Å². The van der Waals surface area contributed by atoms with Gasteiger partial charge in [0.2, 0.25) is 0 Å². The van der Waals surface area contributed by atoms with E-state index in [1.807, 2.05) is 11.8 Å². The molecule has 20 heavy (non-hydrogen) atoms. The molecule has 0 radical (unpaired) electrons. The molecule has 0 saturated carbocycles. The first kappa shape index (κ1) is 13.6. The third-order valence-corrected chi connectivity index (χ3v) is 5.31. The van der Waals surface area contributed by atoms with Crippen molar-refractivity contribution >= 4 is 23.5 Å². The molecule has 2 heterocycles. The standard InChI is InChI=1S/C15H20N2O2S/c18-15(19)17-9-10-20-14(11-17)12-3-5-13(6-4-12)16-7-1-2-8-16/h3-6,14H,1-2,7-11H2,(H,18,19). The average Bonchev–Trinajstić information content (AvgIpc) is 3.02. The van der Waals surface area contributed by atoms with Crippen LogP contribution in [-0.2, 0) is 0 Å². The van der Waals surface area contributed by atoms with Crippen LogP contribution in [0.15, 0.2) is 24.3 Å². The molecule has 3 rings (SSSR count). The number of benzene rings is 1. The maximum atomic E-state index is 11.1. The predicted octanol–water partition coefficient (Wildman–Crippen LogP) is 3.05. The highest BCUT2D eigenvalue weighted by Gasteiger charge is 2.25. The van der Waals surface area contributed by atoms with E-state index in [9.17, 15) is 4.79 Å². The molecule has 5 heteroatoms. The lowest BCUT2D eigenvalue weighted by Crippen LogP contribution is -2.38. The Morgan fingerprint density at radius 1 is 1.15 bits per heavy atom. The first-order chi connectivity index (χ1) is 9.74. The summed E-state index contributed by atoms with van der Waals surface area (Å²) in [6, 6.07) is 8.69. The van der Waals surface area contributed by atoms with Crippen LogP contribution in [0.2, 0.25) is 0 Å². The highest BCUT2D eigenvalue weighted by Crippen LogP contribution is 2.34. The second kappa shape index (κ2) is 5.95. The summed E-state index contributed by atoms with van der Waals surface area (Å²) in [5, 5.41) is 9.37. The van der Waals surface area contributed by atoms with Crippen molar-refractivity contribution in [2.45, 2.75) is 18.1 Å². The lowest BCUT2D eigenvalue weighted by molar-refractivity contribution is 0.147. The minimum Gasteiger partial charge on any atom is -0.465 e. The predicted molar refractivity (Wildman–Crippen MR) is 82.7 cm³/mol. The first-order valence-electron chi connectivity index (χ1n) is 7.18. The van der Waals surface area contributed by atoms with Gasteiger partial charge in [0.15, 0.2) is 0 Å². The van der Waals surface area contributed by atoms with Crippen LogP contribution in [0.5, 0.6) is 0 Å². The SMILES string of the molecule is O=C(O)N1CCSC(c2ccc(N3CCCC3)cc2)C1. The molecule has 2 aliphatic heterocycles. The number of carbonyl (C=O) groups is 1. The van der Waals surface area contributed by atoms with E-state index in [0.717, 1.165) is 18.8 Å². The molecule has 0 aliphatic carbocycles. The van der Waals surface area contributed by atoms with E-state index in [-0.39, 0.29) is 5.25 Å². The molecular weight excluding hydrogens is 272 g/mol. The summed E-state index contributed by atoms with van der Waals surface area (Å²) in [7, 11) is 0. The molecule has 1 aromatic rings. The second-order valence-corrected chi connectivity index (χ2v) is 6.68. The number of anilines is 1. The number of nitrogens with zero attached hydrogens (tertiary/aromatic N) is 2. The van der Waals surface area contributed by atoms with Gasteiger partial charge >= 0.3 is 6.09 Å². The van der Waals surface area contributed by atoms with Crippen LogP contribution in [0, 0.1) is 0 Å². The van der Waals surface area contributed by atoms with Crippen molar-refractivity contribution in [3.8, 4) is 0 Å². The van der Waals surface area contributed by atoms with Crippen LogP contribution < -0.4 is 4.90 Å². The molecule has 0 bridgehead atoms. The zero-order valence-corrected chi connectivity index (χ0v) is 12.3. The second-order valence-electron chi connectivity index (χ2n) is 5.37. The van der Waals surface area contributed by atoms with Crippen LogP contribution in [0.1, 0.15) is 23.7 Å². The van der Waals surface area contributed by atoms with E-state index in [2.05, 4.69) is 29.2 Å². The Morgan fingerprint density at radius 3 is 2.50 bits per heavy atom. The molecule has 1 atom stereocenters. The van der Waals surface area contributed by atoms with E-state index in [4.69, 9.17) is 5.11 Å². The molecule has 1 N–H and O–H groups in total. The Labute approximate surface area is 123 Å². The minimum atomic E-state index is -0.802. The van der Waals surface area contributed by atoms with E-state index >= 15 is 0 Å². The Hall–Kier alpha value is -1.36. The molecule has 1 amide bonds. The Kier molecular flexibility index (Phi) is 4.05. The van der Waals surface area contributed by atoms with Gasteiger partial charge in [0.25, 0.3) is 0 Å². The number of hydrogen-bond donors (Lipinski definition) is 1. The molecule has 4 nitrogen and oxygen atoms in total. The Bertz CT molecular complexity index is 471. The van der Waals surface area contributed by atoms with E-state index < -0.39 is 6.09 Å². The lowest BCUT2D eigenvalue weighted by atomic mass is 10.1. The van der Waals surface area contributed by atoms with Crippen molar-refractivity contribution in [3.05, 3.63) is 29.8 Å². The largest absolute Gasteiger partial charge is 0.465 e. The third-order valence-electron chi connectivity index (χ3n) is 4.07. The lowest BCUT2D eigenvalue weighted by Gasteiger charge is -2.30. The number of thioether (sulfide) groups is 1. The quantitative estimate of drug-likeness (QED) is 0.910. The van der Waals surface area contributed by atoms with Gasteiger partial charge in [0.1, 0.15) is 0 Å². The monoisotopic (exact) mass is 292 g/mol. The van der Waals surface area contributed by atoms with Crippen LogP contribution in [0.25, 0.3) is 0 Å². The van der Waals surface area contributed by atoms with Crippen molar-refractivity contribution < 1.29 is 9.90 Å². The van der Waals surface area contributed by atoms with Crippen LogP contribution in [0.3, 0.4) is 0 Å². The van der Waals surface area contributed by atoms with E-state index in [0.29, 0.717) is 13.1 Å². The molecule has 0 aromatic heterocycles. The fourth-order valence-electron chi connectivity index (χ4n) is 2.90. The van der Waals surface area contributed by atoms with Crippen molar-refractivity contribution in [1.82, 2.24) is 4.90 Å². The van der Waals surface area contributed by atoms with Crippen LogP contribution >= 0.6 is 11.8 Å². The van der Waals surface area contributed by atoms with Crippen molar-refractivity contribution in [3.63, 3.8) is 0 Å². The highest BCUT2D eigenvalue weighted by atomic mass is 32.2. The number of rotatable bonds is 2. The summed E-state index contributed by atoms with van der Waals surface area (Å²) in [4.78, 5) is 15.0. The fourth-order valence-corrected chi connectivity index (χ4v) is 4.15. The van der Waals surface area contributed by atoms with Gasteiger partial charge in [-0.05, 0) is 30.5 Å².